The average molecular weight is 423 g/mol. The van der Waals surface area contributed by atoms with Crippen LogP contribution < -0.4 is 5.32 Å². The van der Waals surface area contributed by atoms with E-state index in [1.165, 1.54) is 35.2 Å². The first-order valence-electron chi connectivity index (χ1n) is 9.99. The molecule has 0 spiro atoms. The number of anilines is 1. The van der Waals surface area contributed by atoms with Gasteiger partial charge in [0.1, 0.15) is 0 Å². The number of alkyl halides is 3. The smallest absolute Gasteiger partial charge is 0.379 e. The Morgan fingerprint density at radius 2 is 1.69 bits per heavy atom. The van der Waals surface area contributed by atoms with Crippen LogP contribution in [0.1, 0.15) is 43.4 Å². The first kappa shape index (κ1) is 22.0. The molecule has 0 saturated heterocycles. The zero-order valence-electron chi connectivity index (χ0n) is 17.2. The van der Waals surface area contributed by atoms with Crippen LogP contribution in [0.15, 0.2) is 48.5 Å². The van der Waals surface area contributed by atoms with E-state index in [9.17, 15) is 13.2 Å². The van der Waals surface area contributed by atoms with Gasteiger partial charge in [-0.2, -0.15) is 13.2 Å². The molecule has 2 aliphatic carbocycles. The highest BCUT2D eigenvalue weighted by Gasteiger charge is 2.38. The molecule has 0 bridgehead atoms. The fourth-order valence-corrected chi connectivity index (χ4v) is 4.93. The standard InChI is InChI=1S/C22H28N2S.CHF3/c1-22(2)20-7-5-4-6-17(20)14-21(22)23-18-10-8-16(9-11-18)15-24(3)25-19-12-13-19;2-1(3)4/h4-11,19,21,23H,12-15H2,1-3H3;1H. The number of fused-ring (bicyclic) bond motifs is 1. The topological polar surface area (TPSA) is 15.3 Å². The van der Waals surface area contributed by atoms with Crippen LogP contribution in [0.25, 0.3) is 0 Å². The van der Waals surface area contributed by atoms with Gasteiger partial charge in [0.05, 0.1) is 0 Å². The van der Waals surface area contributed by atoms with Gasteiger partial charge in [0, 0.05) is 28.9 Å². The van der Waals surface area contributed by atoms with Crippen LogP contribution in [-0.4, -0.2) is 29.3 Å². The van der Waals surface area contributed by atoms with Crippen molar-refractivity contribution in [3.8, 4) is 0 Å². The second-order valence-corrected chi connectivity index (χ2v) is 9.82. The Hall–Kier alpha value is -1.66. The van der Waals surface area contributed by atoms with Crippen LogP contribution in [0, 0.1) is 0 Å². The fraction of sp³-hybridized carbons (Fsp3) is 0.478. The minimum atomic E-state index is -3.67. The van der Waals surface area contributed by atoms with Gasteiger partial charge in [0.15, 0.2) is 0 Å². The third kappa shape index (κ3) is 6.16. The summed E-state index contributed by atoms with van der Waals surface area (Å²) in [5.41, 5.74) is 5.75. The van der Waals surface area contributed by atoms with Crippen molar-refractivity contribution in [1.29, 1.82) is 0 Å². The molecule has 0 radical (unpaired) electrons. The van der Waals surface area contributed by atoms with Gasteiger partial charge in [-0.15, -0.1) is 0 Å². The molecular weight excluding hydrogens is 393 g/mol. The molecule has 1 N–H and O–H groups in total. The lowest BCUT2D eigenvalue weighted by atomic mass is 9.83. The van der Waals surface area contributed by atoms with Gasteiger partial charge in [-0.1, -0.05) is 62.2 Å². The van der Waals surface area contributed by atoms with Gasteiger partial charge in [0.2, 0.25) is 0 Å². The second-order valence-electron chi connectivity index (χ2n) is 8.32. The predicted octanol–water partition coefficient (Wildman–Crippen LogP) is 6.42. The van der Waals surface area contributed by atoms with Gasteiger partial charge in [0.25, 0.3) is 0 Å². The molecule has 0 aromatic heterocycles. The lowest BCUT2D eigenvalue weighted by Gasteiger charge is -2.30. The first-order valence-corrected chi connectivity index (χ1v) is 10.8. The minimum Gasteiger partial charge on any atom is -0.381 e. The minimum absolute atomic E-state index is 0.163. The predicted molar refractivity (Wildman–Crippen MR) is 116 cm³/mol. The SMILES string of the molecule is CN(Cc1ccc(NC2Cc3ccccc3C2(C)C)cc1)SC1CC1.FC(F)F. The van der Waals surface area contributed by atoms with E-state index in [-0.39, 0.29) is 5.41 Å². The summed E-state index contributed by atoms with van der Waals surface area (Å²) in [5.74, 6) is 0. The Morgan fingerprint density at radius 3 is 2.28 bits per heavy atom. The normalized spacial score (nSPS) is 19.7. The molecule has 0 aliphatic heterocycles. The van der Waals surface area contributed by atoms with Gasteiger partial charge in [-0.25, -0.2) is 4.31 Å². The quantitative estimate of drug-likeness (QED) is 0.541. The lowest BCUT2D eigenvalue weighted by Crippen LogP contribution is -2.36. The van der Waals surface area contributed by atoms with Crippen molar-refractivity contribution in [2.75, 3.05) is 12.4 Å². The number of rotatable bonds is 6. The zero-order chi connectivity index (χ0) is 21.0. The van der Waals surface area contributed by atoms with Crippen LogP contribution in [-0.2, 0) is 18.4 Å². The molecule has 1 unspecified atom stereocenters. The largest absolute Gasteiger partial charge is 0.381 e. The molecule has 1 fully saturated rings. The molecule has 4 rings (SSSR count). The summed E-state index contributed by atoms with van der Waals surface area (Å²) >= 11 is 2.00. The maximum absolute atomic E-state index is 9.67. The van der Waals surface area contributed by atoms with Crippen molar-refractivity contribution in [3.63, 3.8) is 0 Å². The van der Waals surface area contributed by atoms with Crippen LogP contribution in [0.3, 0.4) is 0 Å². The molecular formula is C23H29F3N2S. The van der Waals surface area contributed by atoms with E-state index in [4.69, 9.17) is 0 Å². The van der Waals surface area contributed by atoms with Gasteiger partial charge in [-0.05, 0) is 55.1 Å². The molecule has 2 nitrogen and oxygen atoms in total. The Kier molecular flexibility index (Phi) is 7.17. The summed E-state index contributed by atoms with van der Waals surface area (Å²) in [6.45, 7) is 2.06. The number of hydrogen-bond acceptors (Lipinski definition) is 3. The molecule has 6 heteroatoms. The van der Waals surface area contributed by atoms with E-state index in [2.05, 4.69) is 79.0 Å². The van der Waals surface area contributed by atoms with E-state index in [0.717, 1.165) is 18.2 Å². The summed E-state index contributed by atoms with van der Waals surface area (Å²) in [6.07, 6.45) is 3.88. The number of halogens is 3. The summed E-state index contributed by atoms with van der Waals surface area (Å²) in [5, 5.41) is 4.65. The molecule has 158 valence electrons. The van der Waals surface area contributed by atoms with Crippen molar-refractivity contribution in [3.05, 3.63) is 65.2 Å². The summed E-state index contributed by atoms with van der Waals surface area (Å²) in [4.78, 5) is 0. The maximum Gasteiger partial charge on any atom is 0.379 e. The van der Waals surface area contributed by atoms with Gasteiger partial charge < -0.3 is 5.32 Å². The van der Waals surface area contributed by atoms with E-state index in [0.29, 0.717) is 6.04 Å². The molecule has 0 heterocycles. The molecule has 2 aliphatic rings. The number of nitrogens with zero attached hydrogens (tertiary/aromatic N) is 1. The third-order valence-electron chi connectivity index (χ3n) is 5.56. The Balaban J connectivity index is 0.000000552. The van der Waals surface area contributed by atoms with Crippen LogP contribution in [0.4, 0.5) is 18.9 Å². The van der Waals surface area contributed by atoms with Crippen LogP contribution in [0.5, 0.6) is 0 Å². The van der Waals surface area contributed by atoms with Crippen molar-refractivity contribution in [1.82, 2.24) is 4.31 Å². The number of nitrogens with one attached hydrogen (secondary N) is 1. The van der Waals surface area contributed by atoms with Crippen molar-refractivity contribution in [2.24, 2.45) is 0 Å². The molecule has 1 saturated carbocycles. The Morgan fingerprint density at radius 1 is 1.07 bits per heavy atom. The van der Waals surface area contributed by atoms with E-state index < -0.39 is 6.68 Å². The molecule has 1 atom stereocenters. The lowest BCUT2D eigenvalue weighted by molar-refractivity contribution is 0.00819. The fourth-order valence-electron chi connectivity index (χ4n) is 3.85. The Labute approximate surface area is 176 Å². The van der Waals surface area contributed by atoms with Crippen LogP contribution >= 0.6 is 11.9 Å². The molecule has 0 amide bonds. The third-order valence-corrected chi connectivity index (χ3v) is 6.82. The van der Waals surface area contributed by atoms with Gasteiger partial charge in [-0.3, -0.25) is 0 Å². The highest BCUT2D eigenvalue weighted by molar-refractivity contribution is 7.97. The summed E-state index contributed by atoms with van der Waals surface area (Å²) in [7, 11) is 2.20. The maximum atomic E-state index is 9.67. The van der Waals surface area contributed by atoms with Crippen molar-refractivity contribution < 1.29 is 13.2 Å². The van der Waals surface area contributed by atoms with Crippen molar-refractivity contribution >= 4 is 17.6 Å². The number of benzene rings is 2. The first-order chi connectivity index (χ1) is 13.8. The van der Waals surface area contributed by atoms with E-state index in [1.54, 1.807) is 0 Å². The second kappa shape index (κ2) is 9.43. The average Bonchev–Trinajstić information content (AvgIpc) is 3.42. The highest BCUT2D eigenvalue weighted by atomic mass is 32.2. The Bertz CT molecular complexity index is 788. The van der Waals surface area contributed by atoms with E-state index >= 15 is 0 Å². The summed E-state index contributed by atoms with van der Waals surface area (Å²) < 4.78 is 31.4. The van der Waals surface area contributed by atoms with E-state index in [1.807, 2.05) is 11.9 Å². The molecule has 2 aromatic carbocycles. The van der Waals surface area contributed by atoms with Crippen molar-refractivity contribution in [2.45, 2.75) is 63.0 Å². The zero-order valence-corrected chi connectivity index (χ0v) is 18.0. The van der Waals surface area contributed by atoms with Gasteiger partial charge >= 0.3 is 6.68 Å². The number of hydrogen-bond donors (Lipinski definition) is 1. The monoisotopic (exact) mass is 422 g/mol. The van der Waals surface area contributed by atoms with Crippen LogP contribution in [0.2, 0.25) is 0 Å². The molecule has 29 heavy (non-hydrogen) atoms. The molecule has 2 aromatic rings. The highest BCUT2D eigenvalue weighted by Crippen LogP contribution is 2.40. The summed E-state index contributed by atoms with van der Waals surface area (Å²) in [6, 6.07) is 18.3.